The van der Waals surface area contributed by atoms with E-state index >= 15 is 0 Å². The highest BCUT2D eigenvalue weighted by atomic mass is 16.5. The number of ether oxygens (including phenoxy) is 1. The fourth-order valence-electron chi connectivity index (χ4n) is 4.42. The maximum atomic E-state index is 13.3. The van der Waals surface area contributed by atoms with E-state index < -0.39 is 0 Å². The lowest BCUT2D eigenvalue weighted by molar-refractivity contribution is -0.132. The number of nitrogens with zero attached hydrogens (tertiary/aromatic N) is 7. The quantitative estimate of drug-likeness (QED) is 0.393. The van der Waals surface area contributed by atoms with Crippen molar-refractivity contribution < 1.29 is 9.53 Å². The maximum absolute atomic E-state index is 13.3. The van der Waals surface area contributed by atoms with Crippen LogP contribution >= 0.6 is 0 Å². The van der Waals surface area contributed by atoms with Crippen molar-refractivity contribution in [3.05, 3.63) is 96.6 Å². The van der Waals surface area contributed by atoms with Gasteiger partial charge in [-0.25, -0.2) is 0 Å². The summed E-state index contributed by atoms with van der Waals surface area (Å²) in [6.07, 6.45) is 12.8. The zero-order chi connectivity index (χ0) is 24.0. The Bertz CT molecular complexity index is 1240. The second kappa shape index (κ2) is 10.6. The van der Waals surface area contributed by atoms with E-state index in [0.29, 0.717) is 39.3 Å². The van der Waals surface area contributed by atoms with E-state index in [9.17, 15) is 4.79 Å². The van der Waals surface area contributed by atoms with Crippen LogP contribution < -0.4 is 0 Å². The van der Waals surface area contributed by atoms with Crippen molar-refractivity contribution in [3.8, 4) is 5.69 Å². The molecule has 0 bridgehead atoms. The van der Waals surface area contributed by atoms with Crippen LogP contribution in [0.2, 0.25) is 0 Å². The zero-order valence-corrected chi connectivity index (χ0v) is 19.8. The highest BCUT2D eigenvalue weighted by Crippen LogP contribution is 2.18. The predicted octanol–water partition coefficient (Wildman–Crippen LogP) is 2.43. The molecule has 1 amide bonds. The van der Waals surface area contributed by atoms with Gasteiger partial charge in [0.15, 0.2) is 0 Å². The van der Waals surface area contributed by atoms with E-state index in [2.05, 4.69) is 30.6 Å². The molecule has 1 saturated heterocycles. The van der Waals surface area contributed by atoms with Crippen LogP contribution in [0.15, 0.2) is 79.8 Å². The van der Waals surface area contributed by atoms with Gasteiger partial charge in [0.05, 0.1) is 37.3 Å². The number of carbonyl (C=O) groups is 1. The summed E-state index contributed by atoms with van der Waals surface area (Å²) in [6, 6.07) is 12.0. The number of hydrogen-bond donors (Lipinski definition) is 0. The Morgan fingerprint density at radius 2 is 1.83 bits per heavy atom. The third-order valence-corrected chi connectivity index (χ3v) is 6.08. The van der Waals surface area contributed by atoms with Crippen molar-refractivity contribution >= 4 is 5.91 Å². The average molecular weight is 472 g/mol. The molecule has 5 rings (SSSR count). The maximum Gasteiger partial charge on any atom is 0.237 e. The summed E-state index contributed by atoms with van der Waals surface area (Å²) in [7, 11) is 1.88. The van der Waals surface area contributed by atoms with Gasteiger partial charge in [-0.15, -0.1) is 0 Å². The summed E-state index contributed by atoms with van der Waals surface area (Å²) in [6.45, 7) is 3.08. The van der Waals surface area contributed by atoms with E-state index in [1.54, 1.807) is 17.1 Å². The number of amides is 1. The van der Waals surface area contributed by atoms with Gasteiger partial charge in [-0.1, -0.05) is 6.07 Å². The molecule has 4 aromatic heterocycles. The molecule has 5 heterocycles. The summed E-state index contributed by atoms with van der Waals surface area (Å²) in [5.74, 6) is 0.0841. The van der Waals surface area contributed by atoms with Crippen LogP contribution in [-0.4, -0.2) is 65.8 Å². The van der Waals surface area contributed by atoms with Gasteiger partial charge >= 0.3 is 0 Å². The number of aromatic nitrogens is 5. The van der Waals surface area contributed by atoms with E-state index in [1.807, 2.05) is 73.3 Å². The summed E-state index contributed by atoms with van der Waals surface area (Å²) in [4.78, 5) is 25.8. The van der Waals surface area contributed by atoms with Crippen molar-refractivity contribution in [3.63, 3.8) is 0 Å². The third kappa shape index (κ3) is 5.82. The molecule has 0 aromatic carbocycles. The molecule has 1 aliphatic rings. The van der Waals surface area contributed by atoms with Crippen LogP contribution in [0.4, 0.5) is 0 Å². The van der Waals surface area contributed by atoms with Crippen LogP contribution in [0.1, 0.15) is 16.8 Å². The van der Waals surface area contributed by atoms with Gasteiger partial charge in [-0.2, -0.15) is 5.10 Å². The van der Waals surface area contributed by atoms with Gasteiger partial charge in [-0.05, 0) is 35.9 Å². The minimum absolute atomic E-state index is 0.0841. The Kier molecular flexibility index (Phi) is 6.97. The van der Waals surface area contributed by atoms with E-state index in [4.69, 9.17) is 4.74 Å². The summed E-state index contributed by atoms with van der Waals surface area (Å²) in [5.41, 5.74) is 4.11. The largest absolute Gasteiger partial charge is 0.370 e. The molecule has 4 aromatic rings. The minimum atomic E-state index is -0.139. The van der Waals surface area contributed by atoms with E-state index in [-0.39, 0.29) is 12.0 Å². The van der Waals surface area contributed by atoms with Gasteiger partial charge in [0.1, 0.15) is 0 Å². The molecule has 0 saturated carbocycles. The van der Waals surface area contributed by atoms with E-state index in [0.717, 1.165) is 22.5 Å². The number of aryl methyl sites for hydroxylation is 1. The molecule has 1 unspecified atom stereocenters. The Morgan fingerprint density at radius 1 is 0.971 bits per heavy atom. The second-order valence-electron chi connectivity index (χ2n) is 8.84. The highest BCUT2D eigenvalue weighted by Gasteiger charge is 2.29. The molecular formula is C26H29N7O2. The molecule has 0 radical (unpaired) electrons. The molecule has 0 aliphatic carbocycles. The molecule has 1 atom stereocenters. The third-order valence-electron chi connectivity index (χ3n) is 6.08. The number of hydrogen-bond acceptors (Lipinski definition) is 6. The van der Waals surface area contributed by atoms with Crippen LogP contribution in [0.25, 0.3) is 5.69 Å². The molecule has 180 valence electrons. The Hall–Kier alpha value is -3.82. The first-order chi connectivity index (χ1) is 17.1. The topological polar surface area (TPSA) is 81.3 Å². The van der Waals surface area contributed by atoms with Crippen molar-refractivity contribution in [1.29, 1.82) is 0 Å². The van der Waals surface area contributed by atoms with Crippen molar-refractivity contribution in [1.82, 2.24) is 34.1 Å². The molecule has 35 heavy (non-hydrogen) atoms. The van der Waals surface area contributed by atoms with E-state index in [1.165, 1.54) is 0 Å². The first kappa shape index (κ1) is 22.9. The first-order valence-electron chi connectivity index (χ1n) is 11.7. The zero-order valence-electron chi connectivity index (χ0n) is 19.8. The normalized spacial score (nSPS) is 17.0. The van der Waals surface area contributed by atoms with Gasteiger partial charge < -0.3 is 14.2 Å². The lowest BCUT2D eigenvalue weighted by Gasteiger charge is -2.25. The van der Waals surface area contributed by atoms with Crippen LogP contribution in [0.5, 0.6) is 0 Å². The number of carbonyl (C=O) groups excluding carboxylic acids is 1. The van der Waals surface area contributed by atoms with Crippen molar-refractivity contribution in [2.24, 2.45) is 7.05 Å². The first-order valence-corrected chi connectivity index (χ1v) is 11.7. The van der Waals surface area contributed by atoms with Crippen molar-refractivity contribution in [2.75, 3.05) is 19.6 Å². The van der Waals surface area contributed by atoms with Crippen molar-refractivity contribution in [2.45, 2.75) is 25.8 Å². The monoisotopic (exact) mass is 471 g/mol. The summed E-state index contributed by atoms with van der Waals surface area (Å²) >= 11 is 0. The minimum Gasteiger partial charge on any atom is -0.370 e. The molecule has 0 N–H and O–H groups in total. The van der Waals surface area contributed by atoms with Gasteiger partial charge in [0, 0.05) is 75.5 Å². The fraction of sp³-hybridized carbons (Fsp3) is 0.308. The van der Waals surface area contributed by atoms with Crippen LogP contribution in [0, 0.1) is 0 Å². The Labute approximate surface area is 204 Å². The molecular weight excluding hydrogens is 442 g/mol. The number of pyridine rings is 2. The SMILES string of the molecule is Cn1cc(CN2CC(OCc3cccnc3)CN(Cc3cccn3-c3cccnc3)CC2=O)cn1. The second-order valence-corrected chi connectivity index (χ2v) is 8.84. The highest BCUT2D eigenvalue weighted by molar-refractivity contribution is 5.78. The summed E-state index contributed by atoms with van der Waals surface area (Å²) in [5, 5.41) is 4.25. The number of rotatable bonds is 8. The van der Waals surface area contributed by atoms with Gasteiger partial charge in [-0.3, -0.25) is 24.3 Å². The summed E-state index contributed by atoms with van der Waals surface area (Å²) < 4.78 is 10.2. The Morgan fingerprint density at radius 3 is 2.57 bits per heavy atom. The molecule has 0 spiro atoms. The van der Waals surface area contributed by atoms with Crippen LogP contribution in [-0.2, 0) is 36.3 Å². The molecule has 1 aliphatic heterocycles. The molecule has 1 fully saturated rings. The van der Waals surface area contributed by atoms with Gasteiger partial charge in [0.25, 0.3) is 0 Å². The molecule has 9 heteroatoms. The lowest BCUT2D eigenvalue weighted by Crippen LogP contribution is -2.37. The predicted molar refractivity (Wildman–Crippen MR) is 130 cm³/mol. The van der Waals surface area contributed by atoms with Crippen LogP contribution in [0.3, 0.4) is 0 Å². The lowest BCUT2D eigenvalue weighted by atomic mass is 10.2. The fourth-order valence-corrected chi connectivity index (χ4v) is 4.42. The standard InChI is InChI=1S/C26H29N7O2/c1-30-14-22(12-29-30)15-32-18-25(35-20-21-5-2-8-27-11-21)17-31(19-26(32)34)16-24-7-4-10-33(24)23-6-3-9-28-13-23/h2-14,25H,15-20H2,1H3. The average Bonchev–Trinajstić information content (AvgIpc) is 3.48. The smallest absolute Gasteiger partial charge is 0.237 e. The molecule has 9 nitrogen and oxygen atoms in total. The Balaban J connectivity index is 1.34. The van der Waals surface area contributed by atoms with Gasteiger partial charge in [0.2, 0.25) is 5.91 Å².